The maximum absolute atomic E-state index is 13.5. The largest absolute Gasteiger partial charge is 0.378 e. The quantitative estimate of drug-likeness (QED) is 0.875. The van der Waals surface area contributed by atoms with Gasteiger partial charge in [0.05, 0.1) is 0 Å². The molecule has 0 aliphatic carbocycles. The van der Waals surface area contributed by atoms with E-state index in [0.717, 1.165) is 5.56 Å². The third-order valence-corrected chi connectivity index (χ3v) is 2.78. The van der Waals surface area contributed by atoms with Gasteiger partial charge in [-0.2, -0.15) is 0 Å². The number of rotatable bonds is 4. The first-order chi connectivity index (χ1) is 9.06. The van der Waals surface area contributed by atoms with Crippen molar-refractivity contribution >= 4 is 5.69 Å². The number of anilines is 1. The van der Waals surface area contributed by atoms with Crippen molar-refractivity contribution < 1.29 is 13.2 Å². The highest BCUT2D eigenvalue weighted by atomic mass is 19.1. The van der Waals surface area contributed by atoms with Gasteiger partial charge in [0.2, 0.25) is 0 Å². The van der Waals surface area contributed by atoms with Crippen molar-refractivity contribution in [3.8, 4) is 0 Å². The summed E-state index contributed by atoms with van der Waals surface area (Å²) in [5, 5.41) is 2.74. The Balaban J connectivity index is 2.09. The summed E-state index contributed by atoms with van der Waals surface area (Å²) in [6.45, 7) is 1.81. The highest BCUT2D eigenvalue weighted by Gasteiger charge is 2.13. The van der Waals surface area contributed by atoms with Crippen LogP contribution in [0.4, 0.5) is 18.9 Å². The lowest BCUT2D eigenvalue weighted by Gasteiger charge is -2.16. The van der Waals surface area contributed by atoms with Crippen molar-refractivity contribution in [1.29, 1.82) is 0 Å². The summed E-state index contributed by atoms with van der Waals surface area (Å²) in [7, 11) is 0. The van der Waals surface area contributed by atoms with Crippen LogP contribution >= 0.6 is 0 Å². The molecular weight excluding hydrogens is 251 g/mol. The molecule has 100 valence electrons. The molecule has 0 bridgehead atoms. The number of hydrogen-bond acceptors (Lipinski definition) is 1. The first-order valence-electron chi connectivity index (χ1n) is 6.01. The molecular formula is C15H14F3N. The van der Waals surface area contributed by atoms with Crippen molar-refractivity contribution in [2.45, 2.75) is 19.4 Å². The molecule has 1 atom stereocenters. The van der Waals surface area contributed by atoms with Gasteiger partial charge in [0.1, 0.15) is 11.5 Å². The van der Waals surface area contributed by atoms with E-state index in [1.807, 2.05) is 37.3 Å². The summed E-state index contributed by atoms with van der Waals surface area (Å²) in [4.78, 5) is 0. The average molecular weight is 265 g/mol. The summed E-state index contributed by atoms with van der Waals surface area (Å²) >= 11 is 0. The van der Waals surface area contributed by atoms with E-state index in [-0.39, 0.29) is 11.7 Å². The van der Waals surface area contributed by atoms with Gasteiger partial charge in [0.25, 0.3) is 0 Å². The first-order valence-corrected chi connectivity index (χ1v) is 6.01. The smallest absolute Gasteiger partial charge is 0.152 e. The van der Waals surface area contributed by atoms with Gasteiger partial charge in [-0.05, 0) is 18.9 Å². The van der Waals surface area contributed by atoms with Crippen LogP contribution in [-0.2, 0) is 6.42 Å². The highest BCUT2D eigenvalue weighted by Crippen LogP contribution is 2.21. The van der Waals surface area contributed by atoms with Crippen LogP contribution in [0.2, 0.25) is 0 Å². The zero-order chi connectivity index (χ0) is 13.8. The Hall–Kier alpha value is -1.97. The fourth-order valence-corrected chi connectivity index (χ4v) is 1.95. The van der Waals surface area contributed by atoms with Crippen molar-refractivity contribution in [3.63, 3.8) is 0 Å². The number of benzene rings is 2. The summed E-state index contributed by atoms with van der Waals surface area (Å²) in [5.41, 5.74) is 0.773. The van der Waals surface area contributed by atoms with E-state index in [4.69, 9.17) is 0 Å². The predicted octanol–water partition coefficient (Wildman–Crippen LogP) is 4.15. The zero-order valence-electron chi connectivity index (χ0n) is 10.5. The highest BCUT2D eigenvalue weighted by molar-refractivity contribution is 5.47. The van der Waals surface area contributed by atoms with Gasteiger partial charge in [-0.25, -0.2) is 13.2 Å². The summed E-state index contributed by atoms with van der Waals surface area (Å²) < 4.78 is 39.7. The molecule has 19 heavy (non-hydrogen) atoms. The number of nitrogens with one attached hydrogen (secondary N) is 1. The standard InChI is InChI=1S/C15H14F3N/c1-10(7-11-5-3-2-4-6-11)19-15-13(17)8-12(16)9-14(15)18/h2-6,8-10,19H,7H2,1H3. The molecule has 2 aromatic carbocycles. The molecule has 4 heteroatoms. The van der Waals surface area contributed by atoms with Crippen molar-refractivity contribution in [1.82, 2.24) is 0 Å². The summed E-state index contributed by atoms with van der Waals surface area (Å²) in [6.07, 6.45) is 0.622. The van der Waals surface area contributed by atoms with Crippen LogP contribution in [0, 0.1) is 17.5 Å². The van der Waals surface area contributed by atoms with Crippen LogP contribution in [0.25, 0.3) is 0 Å². The SMILES string of the molecule is CC(Cc1ccccc1)Nc1c(F)cc(F)cc1F. The molecule has 0 heterocycles. The van der Waals surface area contributed by atoms with E-state index < -0.39 is 17.5 Å². The molecule has 0 saturated heterocycles. The second kappa shape index (κ2) is 5.78. The molecule has 1 nitrogen and oxygen atoms in total. The molecule has 0 radical (unpaired) electrons. The van der Waals surface area contributed by atoms with E-state index in [1.165, 1.54) is 0 Å². The van der Waals surface area contributed by atoms with Crippen molar-refractivity contribution in [3.05, 3.63) is 65.5 Å². The Morgan fingerprint density at radius 3 is 2.16 bits per heavy atom. The second-order valence-electron chi connectivity index (χ2n) is 4.48. The molecule has 2 aromatic rings. The fraction of sp³-hybridized carbons (Fsp3) is 0.200. The molecule has 1 unspecified atom stereocenters. The van der Waals surface area contributed by atoms with E-state index in [2.05, 4.69) is 5.32 Å². The van der Waals surface area contributed by atoms with Crippen LogP contribution in [0.1, 0.15) is 12.5 Å². The van der Waals surface area contributed by atoms with Crippen molar-refractivity contribution in [2.24, 2.45) is 0 Å². The minimum atomic E-state index is -0.920. The van der Waals surface area contributed by atoms with Gasteiger partial charge in [0.15, 0.2) is 11.6 Å². The maximum Gasteiger partial charge on any atom is 0.152 e. The molecule has 0 aliphatic heterocycles. The lowest BCUT2D eigenvalue weighted by Crippen LogP contribution is -2.20. The molecule has 1 N–H and O–H groups in total. The van der Waals surface area contributed by atoms with Crippen LogP contribution in [-0.4, -0.2) is 6.04 Å². The molecule has 0 amide bonds. The van der Waals surface area contributed by atoms with Gasteiger partial charge < -0.3 is 5.32 Å². The van der Waals surface area contributed by atoms with E-state index in [9.17, 15) is 13.2 Å². The summed E-state index contributed by atoms with van der Waals surface area (Å²) in [5.74, 6) is -2.76. The average Bonchev–Trinajstić information content (AvgIpc) is 2.35. The minimum Gasteiger partial charge on any atom is -0.378 e. The van der Waals surface area contributed by atoms with Crippen molar-refractivity contribution in [2.75, 3.05) is 5.32 Å². The summed E-state index contributed by atoms with van der Waals surface area (Å²) in [6, 6.07) is 10.8. The monoisotopic (exact) mass is 265 g/mol. The van der Waals surface area contributed by atoms with E-state index in [0.29, 0.717) is 18.6 Å². The van der Waals surface area contributed by atoms with E-state index in [1.54, 1.807) is 0 Å². The van der Waals surface area contributed by atoms with Gasteiger partial charge in [-0.3, -0.25) is 0 Å². The predicted molar refractivity (Wildman–Crippen MR) is 69.5 cm³/mol. The zero-order valence-corrected chi connectivity index (χ0v) is 10.5. The van der Waals surface area contributed by atoms with Gasteiger partial charge in [0, 0.05) is 18.2 Å². The third-order valence-electron chi connectivity index (χ3n) is 2.78. The lowest BCUT2D eigenvalue weighted by atomic mass is 10.1. The Morgan fingerprint density at radius 1 is 1.00 bits per heavy atom. The fourth-order valence-electron chi connectivity index (χ4n) is 1.95. The first kappa shape index (κ1) is 13.5. The van der Waals surface area contributed by atoms with Gasteiger partial charge in [-0.1, -0.05) is 30.3 Å². The van der Waals surface area contributed by atoms with Crippen LogP contribution in [0.5, 0.6) is 0 Å². The lowest BCUT2D eigenvalue weighted by molar-refractivity contribution is 0.544. The molecule has 0 spiro atoms. The normalized spacial score (nSPS) is 12.2. The van der Waals surface area contributed by atoms with Crippen LogP contribution < -0.4 is 5.32 Å². The maximum atomic E-state index is 13.5. The molecule has 0 aliphatic rings. The Bertz CT molecular complexity index is 532. The van der Waals surface area contributed by atoms with Gasteiger partial charge >= 0.3 is 0 Å². The Labute approximate surface area is 110 Å². The second-order valence-corrected chi connectivity index (χ2v) is 4.48. The molecule has 2 rings (SSSR count). The molecule has 0 aromatic heterocycles. The number of hydrogen-bond donors (Lipinski definition) is 1. The molecule has 0 fully saturated rings. The van der Waals surface area contributed by atoms with Gasteiger partial charge in [-0.15, -0.1) is 0 Å². The van der Waals surface area contributed by atoms with Crippen LogP contribution in [0.3, 0.4) is 0 Å². The topological polar surface area (TPSA) is 12.0 Å². The Kier molecular flexibility index (Phi) is 4.10. The Morgan fingerprint density at radius 2 is 1.58 bits per heavy atom. The van der Waals surface area contributed by atoms with E-state index >= 15 is 0 Å². The minimum absolute atomic E-state index is 0.170. The number of halogens is 3. The molecule has 0 saturated carbocycles. The third kappa shape index (κ3) is 3.50. The van der Waals surface area contributed by atoms with Crippen LogP contribution in [0.15, 0.2) is 42.5 Å².